The number of thiazole rings is 1. The van der Waals surface area contributed by atoms with Crippen molar-refractivity contribution in [2.75, 3.05) is 5.75 Å². The molecule has 0 aliphatic rings. The van der Waals surface area contributed by atoms with E-state index in [4.69, 9.17) is 0 Å². The first-order chi connectivity index (χ1) is 12.2. The molecule has 0 aliphatic carbocycles. The second-order valence-electron chi connectivity index (χ2n) is 5.16. The first kappa shape index (κ1) is 17.3. The van der Waals surface area contributed by atoms with Crippen molar-refractivity contribution in [3.63, 3.8) is 0 Å². The average molecular weight is 371 g/mol. The topological polar surface area (TPSA) is 74.2 Å². The summed E-state index contributed by atoms with van der Waals surface area (Å²) in [7, 11) is 0. The molecule has 0 radical (unpaired) electrons. The predicted molar refractivity (Wildman–Crippen MR) is 103 cm³/mol. The maximum absolute atomic E-state index is 12.1. The molecular formula is C18H17N3O2S2. The molecule has 1 aromatic heterocycles. The number of fused-ring (bicyclic) bond motifs is 1. The molecule has 0 saturated heterocycles. The molecule has 0 fully saturated rings. The van der Waals surface area contributed by atoms with Crippen LogP contribution in [0.1, 0.15) is 12.5 Å². The molecule has 0 bridgehead atoms. The lowest BCUT2D eigenvalue weighted by Crippen LogP contribution is -2.37. The number of para-hydroxylation sites is 1. The van der Waals surface area contributed by atoms with Gasteiger partial charge < -0.3 is 5.11 Å². The van der Waals surface area contributed by atoms with E-state index < -0.39 is 0 Å². The fourth-order valence-electron chi connectivity index (χ4n) is 2.17. The van der Waals surface area contributed by atoms with Crippen molar-refractivity contribution >= 4 is 44.9 Å². The van der Waals surface area contributed by atoms with Gasteiger partial charge in [-0.2, -0.15) is 0 Å². The van der Waals surface area contributed by atoms with Crippen LogP contribution in [-0.2, 0) is 4.79 Å². The summed E-state index contributed by atoms with van der Waals surface area (Å²) in [6.45, 7) is 1.87. The summed E-state index contributed by atoms with van der Waals surface area (Å²) in [6, 6.07) is 14.7. The third kappa shape index (κ3) is 4.52. The van der Waals surface area contributed by atoms with Gasteiger partial charge in [0.05, 0.1) is 21.7 Å². The van der Waals surface area contributed by atoms with Crippen LogP contribution in [0.15, 0.2) is 58.9 Å². The standard InChI is InChI=1S/C18H17N3O2S2/c1-2-14(12-7-9-13(22)10-8-12)20-21-17(23)11-24-18-19-15-5-3-4-6-16(15)25-18/h2-10,20,22H,11H2,1H3,(H,21,23)/b14-2+. The van der Waals surface area contributed by atoms with E-state index in [1.165, 1.54) is 11.8 Å². The van der Waals surface area contributed by atoms with Gasteiger partial charge in [-0.05, 0) is 48.9 Å². The SMILES string of the molecule is C/C=C(/NNC(=O)CSc1nc2ccccc2s1)c1ccc(O)cc1. The number of phenolic OH excluding ortho intramolecular Hbond substituents is 1. The van der Waals surface area contributed by atoms with Crippen LogP contribution in [0.2, 0.25) is 0 Å². The Balaban J connectivity index is 1.52. The van der Waals surface area contributed by atoms with Gasteiger partial charge in [-0.15, -0.1) is 11.3 Å². The van der Waals surface area contributed by atoms with Gasteiger partial charge in [0, 0.05) is 0 Å². The molecule has 5 nitrogen and oxygen atoms in total. The molecule has 0 aliphatic heterocycles. The van der Waals surface area contributed by atoms with Crippen molar-refractivity contribution in [2.24, 2.45) is 0 Å². The molecule has 3 rings (SSSR count). The predicted octanol–water partition coefficient (Wildman–Crippen LogP) is 3.78. The van der Waals surface area contributed by atoms with Gasteiger partial charge in [-0.25, -0.2) is 4.98 Å². The number of hydrogen-bond donors (Lipinski definition) is 3. The molecule has 3 N–H and O–H groups in total. The minimum atomic E-state index is -0.137. The number of nitrogens with one attached hydrogen (secondary N) is 2. The lowest BCUT2D eigenvalue weighted by atomic mass is 10.1. The Morgan fingerprint density at radius 1 is 1.20 bits per heavy atom. The Morgan fingerprint density at radius 3 is 2.68 bits per heavy atom. The highest BCUT2D eigenvalue weighted by Gasteiger charge is 2.08. The van der Waals surface area contributed by atoms with Gasteiger partial charge in [-0.3, -0.25) is 15.6 Å². The number of carbonyl (C=O) groups is 1. The van der Waals surface area contributed by atoms with Crippen molar-refractivity contribution in [3.8, 4) is 5.75 Å². The van der Waals surface area contributed by atoms with Crippen LogP contribution in [0, 0.1) is 0 Å². The number of aromatic nitrogens is 1. The van der Waals surface area contributed by atoms with Gasteiger partial charge in [0.15, 0.2) is 4.34 Å². The summed E-state index contributed by atoms with van der Waals surface area (Å²) in [5.74, 6) is 0.345. The normalized spacial score (nSPS) is 11.5. The van der Waals surface area contributed by atoms with E-state index in [2.05, 4.69) is 15.8 Å². The molecule has 7 heteroatoms. The van der Waals surface area contributed by atoms with Crippen molar-refractivity contribution in [1.82, 2.24) is 15.8 Å². The third-order valence-electron chi connectivity index (χ3n) is 3.40. The van der Waals surface area contributed by atoms with Gasteiger partial charge in [-0.1, -0.05) is 30.0 Å². The second kappa shape index (κ2) is 8.04. The number of rotatable bonds is 6. The molecule has 1 amide bonds. The van der Waals surface area contributed by atoms with Crippen molar-refractivity contribution in [1.29, 1.82) is 0 Å². The van der Waals surface area contributed by atoms with E-state index in [1.807, 2.05) is 37.3 Å². The fraction of sp³-hybridized carbons (Fsp3) is 0.111. The zero-order chi connectivity index (χ0) is 17.6. The van der Waals surface area contributed by atoms with Crippen LogP contribution in [0.25, 0.3) is 15.9 Å². The van der Waals surface area contributed by atoms with Gasteiger partial charge in [0.2, 0.25) is 5.91 Å². The number of amides is 1. The van der Waals surface area contributed by atoms with Crippen LogP contribution in [0.5, 0.6) is 5.75 Å². The summed E-state index contributed by atoms with van der Waals surface area (Å²) in [6.07, 6.45) is 1.85. The quantitative estimate of drug-likeness (QED) is 0.454. The monoisotopic (exact) mass is 371 g/mol. The molecule has 3 aromatic rings. The van der Waals surface area contributed by atoms with Crippen LogP contribution in [-0.4, -0.2) is 21.8 Å². The van der Waals surface area contributed by atoms with E-state index in [0.29, 0.717) is 0 Å². The lowest BCUT2D eigenvalue weighted by molar-refractivity contribution is -0.119. The lowest BCUT2D eigenvalue weighted by Gasteiger charge is -2.12. The minimum absolute atomic E-state index is 0.137. The van der Waals surface area contributed by atoms with Crippen molar-refractivity contribution < 1.29 is 9.90 Å². The molecule has 0 spiro atoms. The molecule has 0 saturated carbocycles. The largest absolute Gasteiger partial charge is 0.508 e. The van der Waals surface area contributed by atoms with Crippen molar-refractivity contribution in [2.45, 2.75) is 11.3 Å². The first-order valence-corrected chi connectivity index (χ1v) is 9.45. The molecule has 128 valence electrons. The zero-order valence-corrected chi connectivity index (χ0v) is 15.2. The van der Waals surface area contributed by atoms with Crippen LogP contribution < -0.4 is 10.9 Å². The summed E-state index contributed by atoms with van der Waals surface area (Å²) in [5, 5.41) is 9.34. The van der Waals surface area contributed by atoms with Gasteiger partial charge in [0.25, 0.3) is 0 Å². The highest BCUT2D eigenvalue weighted by atomic mass is 32.2. The Morgan fingerprint density at radius 2 is 1.96 bits per heavy atom. The first-order valence-electron chi connectivity index (χ1n) is 7.64. The minimum Gasteiger partial charge on any atom is -0.508 e. The van der Waals surface area contributed by atoms with E-state index in [0.717, 1.165) is 25.8 Å². The van der Waals surface area contributed by atoms with E-state index in [9.17, 15) is 9.90 Å². The molecule has 25 heavy (non-hydrogen) atoms. The Hall–Kier alpha value is -2.51. The molecule has 0 unspecified atom stereocenters. The summed E-state index contributed by atoms with van der Waals surface area (Å²) in [4.78, 5) is 16.6. The number of benzene rings is 2. The number of aromatic hydroxyl groups is 1. The number of allylic oxidation sites excluding steroid dienone is 1. The maximum Gasteiger partial charge on any atom is 0.248 e. The number of nitrogens with zero attached hydrogens (tertiary/aromatic N) is 1. The smallest absolute Gasteiger partial charge is 0.248 e. The zero-order valence-electron chi connectivity index (χ0n) is 13.5. The van der Waals surface area contributed by atoms with E-state index in [-0.39, 0.29) is 17.4 Å². The number of carbonyl (C=O) groups excluding carboxylic acids is 1. The Labute approximate surface area is 153 Å². The number of hydrazine groups is 1. The summed E-state index contributed by atoms with van der Waals surface area (Å²) >= 11 is 3.00. The number of hydrogen-bond acceptors (Lipinski definition) is 6. The van der Waals surface area contributed by atoms with Crippen molar-refractivity contribution in [3.05, 3.63) is 60.2 Å². The Kier molecular flexibility index (Phi) is 5.57. The average Bonchev–Trinajstić information content (AvgIpc) is 3.05. The molecule has 1 heterocycles. The van der Waals surface area contributed by atoms with Gasteiger partial charge in [0.1, 0.15) is 5.75 Å². The fourth-order valence-corrected chi connectivity index (χ4v) is 4.03. The molecular weight excluding hydrogens is 354 g/mol. The third-order valence-corrected chi connectivity index (χ3v) is 5.58. The van der Waals surface area contributed by atoms with Crippen LogP contribution in [0.3, 0.4) is 0 Å². The number of thioether (sulfide) groups is 1. The van der Waals surface area contributed by atoms with Gasteiger partial charge >= 0.3 is 0 Å². The highest BCUT2D eigenvalue weighted by Crippen LogP contribution is 2.29. The summed E-state index contributed by atoms with van der Waals surface area (Å²) in [5.41, 5.74) is 8.20. The molecule has 2 aromatic carbocycles. The van der Waals surface area contributed by atoms with Crippen LogP contribution >= 0.6 is 23.1 Å². The van der Waals surface area contributed by atoms with E-state index in [1.54, 1.807) is 35.6 Å². The van der Waals surface area contributed by atoms with E-state index >= 15 is 0 Å². The maximum atomic E-state index is 12.1. The highest BCUT2D eigenvalue weighted by molar-refractivity contribution is 8.01. The molecule has 0 atom stereocenters. The van der Waals surface area contributed by atoms with Crippen LogP contribution in [0.4, 0.5) is 0 Å². The second-order valence-corrected chi connectivity index (χ2v) is 7.41. The number of phenols is 1. The Bertz CT molecular complexity index is 871. The summed E-state index contributed by atoms with van der Waals surface area (Å²) < 4.78 is 1.99.